The first kappa shape index (κ1) is 9.71. The highest BCUT2D eigenvalue weighted by molar-refractivity contribution is 5.65. The monoisotopic (exact) mass is 177 g/mol. The largest absolute Gasteiger partial charge is 0.279 e. The van der Waals surface area contributed by atoms with Crippen LogP contribution in [0.15, 0.2) is 11.1 Å². The van der Waals surface area contributed by atoms with E-state index in [1.807, 2.05) is 19.1 Å². The maximum absolute atomic E-state index is 4.07. The molecule has 0 aliphatic heterocycles. The number of nitrogens with zero attached hydrogens (tertiary/aromatic N) is 2. The molecule has 0 aliphatic rings. The van der Waals surface area contributed by atoms with Gasteiger partial charge in [0.1, 0.15) is 0 Å². The van der Waals surface area contributed by atoms with Gasteiger partial charge in [0.15, 0.2) is 5.82 Å². The molecule has 3 nitrogen and oxygen atoms in total. The van der Waals surface area contributed by atoms with Gasteiger partial charge in [-0.2, -0.15) is 5.10 Å². The molecule has 0 saturated heterocycles. The Bertz CT molecular complexity index is 321. The topological polar surface area (TPSA) is 41.0 Å². The fourth-order valence-electron chi connectivity index (χ4n) is 1.25. The van der Waals surface area contributed by atoms with E-state index in [9.17, 15) is 0 Å². The van der Waals surface area contributed by atoms with Crippen LogP contribution in [0.3, 0.4) is 0 Å². The maximum Gasteiger partial charge on any atom is 0.180 e. The van der Waals surface area contributed by atoms with Crippen LogP contribution in [-0.4, -0.2) is 16.9 Å². The van der Waals surface area contributed by atoms with E-state index in [1.165, 1.54) is 0 Å². The molecule has 3 heteroatoms. The van der Waals surface area contributed by atoms with Crippen molar-refractivity contribution in [2.45, 2.75) is 26.7 Å². The van der Waals surface area contributed by atoms with Crippen LogP contribution in [0.4, 0.5) is 5.82 Å². The van der Waals surface area contributed by atoms with Crippen molar-refractivity contribution in [3.8, 4) is 0 Å². The Balaban J connectivity index is 3.21. The fraction of sp³-hybridized carbons (Fsp3) is 0.400. The lowest BCUT2D eigenvalue weighted by Crippen LogP contribution is -1.89. The predicted molar refractivity (Wildman–Crippen MR) is 56.6 cm³/mol. The van der Waals surface area contributed by atoms with Crippen molar-refractivity contribution in [3.63, 3.8) is 0 Å². The third kappa shape index (κ3) is 1.86. The standard InChI is InChI=1S/C10H15N3/c1-5-6-8-9(7(2)3)12-13-10(8)11-4/h5-7H,4H2,1-3H3,(H,12,13)/b6-5-. The maximum atomic E-state index is 4.07. The molecule has 13 heavy (non-hydrogen) atoms. The minimum absolute atomic E-state index is 0.425. The summed E-state index contributed by atoms with van der Waals surface area (Å²) in [6.07, 6.45) is 3.98. The van der Waals surface area contributed by atoms with Crippen molar-refractivity contribution >= 4 is 18.6 Å². The van der Waals surface area contributed by atoms with Gasteiger partial charge in [0.05, 0.1) is 0 Å². The average molecular weight is 177 g/mol. The number of H-pyrrole nitrogens is 1. The molecule has 0 atom stereocenters. The SMILES string of the molecule is C=Nc1n[nH]c(C(C)C)c1/C=C\C. The second-order valence-electron chi connectivity index (χ2n) is 3.19. The number of hydrogen-bond donors (Lipinski definition) is 1. The number of hydrogen-bond acceptors (Lipinski definition) is 2. The third-order valence-electron chi connectivity index (χ3n) is 1.87. The summed E-state index contributed by atoms with van der Waals surface area (Å²) in [5.74, 6) is 1.11. The molecule has 0 bridgehead atoms. The van der Waals surface area contributed by atoms with E-state index in [0.717, 1.165) is 11.3 Å². The van der Waals surface area contributed by atoms with E-state index in [2.05, 4.69) is 35.8 Å². The molecule has 0 aliphatic carbocycles. The van der Waals surface area contributed by atoms with Gasteiger partial charge in [0.25, 0.3) is 0 Å². The second kappa shape index (κ2) is 4.03. The third-order valence-corrected chi connectivity index (χ3v) is 1.87. The van der Waals surface area contributed by atoms with Gasteiger partial charge in [-0.15, -0.1) is 0 Å². The highest BCUT2D eigenvalue weighted by Gasteiger charge is 2.11. The van der Waals surface area contributed by atoms with Gasteiger partial charge in [-0.05, 0) is 19.6 Å². The van der Waals surface area contributed by atoms with Crippen LogP contribution >= 0.6 is 0 Å². The fourth-order valence-corrected chi connectivity index (χ4v) is 1.25. The molecule has 0 aromatic carbocycles. The van der Waals surface area contributed by atoms with Crippen LogP contribution in [0.25, 0.3) is 6.08 Å². The highest BCUT2D eigenvalue weighted by atomic mass is 15.2. The molecule has 0 radical (unpaired) electrons. The molecule has 0 amide bonds. The first-order valence-electron chi connectivity index (χ1n) is 4.38. The van der Waals surface area contributed by atoms with Crippen molar-refractivity contribution in [1.82, 2.24) is 10.2 Å². The van der Waals surface area contributed by atoms with Crippen molar-refractivity contribution in [2.24, 2.45) is 4.99 Å². The van der Waals surface area contributed by atoms with E-state index in [1.54, 1.807) is 0 Å². The molecule has 1 heterocycles. The average Bonchev–Trinajstić information content (AvgIpc) is 2.48. The van der Waals surface area contributed by atoms with Gasteiger partial charge in [0.2, 0.25) is 0 Å². The van der Waals surface area contributed by atoms with Gasteiger partial charge < -0.3 is 0 Å². The molecule has 1 aromatic heterocycles. The first-order valence-corrected chi connectivity index (χ1v) is 4.38. The Hall–Kier alpha value is -1.38. The van der Waals surface area contributed by atoms with Gasteiger partial charge >= 0.3 is 0 Å². The number of aliphatic imine (C=N–C) groups is 1. The summed E-state index contributed by atoms with van der Waals surface area (Å²) in [4.78, 5) is 3.85. The summed E-state index contributed by atoms with van der Waals surface area (Å²) in [7, 11) is 0. The Morgan fingerprint density at radius 1 is 1.54 bits per heavy atom. The molecule has 1 rings (SSSR count). The highest BCUT2D eigenvalue weighted by Crippen LogP contribution is 2.26. The summed E-state index contributed by atoms with van der Waals surface area (Å²) in [6.45, 7) is 9.69. The number of aromatic nitrogens is 2. The van der Waals surface area contributed by atoms with Gasteiger partial charge in [0, 0.05) is 11.3 Å². The molecule has 0 saturated carbocycles. The van der Waals surface area contributed by atoms with Crippen LogP contribution in [0.1, 0.15) is 37.9 Å². The summed E-state index contributed by atoms with van der Waals surface area (Å²) in [6, 6.07) is 0. The Morgan fingerprint density at radius 2 is 2.23 bits per heavy atom. The van der Waals surface area contributed by atoms with Gasteiger partial charge in [-0.3, -0.25) is 5.10 Å². The molecule has 70 valence electrons. The summed E-state index contributed by atoms with van der Waals surface area (Å²) in [5, 5.41) is 7.04. The summed E-state index contributed by atoms with van der Waals surface area (Å²) in [5.41, 5.74) is 2.16. The minimum Gasteiger partial charge on any atom is -0.279 e. The second-order valence-corrected chi connectivity index (χ2v) is 3.19. The summed E-state index contributed by atoms with van der Waals surface area (Å²) < 4.78 is 0. The first-order chi connectivity index (χ1) is 6.20. The van der Waals surface area contributed by atoms with E-state index >= 15 is 0 Å². The number of aromatic amines is 1. The normalized spacial score (nSPS) is 11.4. The summed E-state index contributed by atoms with van der Waals surface area (Å²) >= 11 is 0. The zero-order valence-corrected chi connectivity index (χ0v) is 8.33. The molecule has 1 N–H and O–H groups in total. The number of rotatable bonds is 3. The Labute approximate surface area is 78.6 Å². The zero-order chi connectivity index (χ0) is 9.84. The van der Waals surface area contributed by atoms with Gasteiger partial charge in [-0.1, -0.05) is 26.0 Å². The van der Waals surface area contributed by atoms with Crippen LogP contribution in [0.2, 0.25) is 0 Å². The molecule has 0 spiro atoms. The van der Waals surface area contributed by atoms with Crippen molar-refractivity contribution in [1.29, 1.82) is 0 Å². The lowest BCUT2D eigenvalue weighted by Gasteiger charge is -2.01. The number of nitrogens with one attached hydrogen (secondary N) is 1. The van der Waals surface area contributed by atoms with Crippen LogP contribution < -0.4 is 0 Å². The van der Waals surface area contributed by atoms with Crippen LogP contribution in [-0.2, 0) is 0 Å². The zero-order valence-electron chi connectivity index (χ0n) is 8.33. The van der Waals surface area contributed by atoms with E-state index in [0.29, 0.717) is 11.7 Å². The lowest BCUT2D eigenvalue weighted by atomic mass is 10.1. The van der Waals surface area contributed by atoms with Crippen molar-refractivity contribution in [3.05, 3.63) is 17.3 Å². The van der Waals surface area contributed by atoms with E-state index < -0.39 is 0 Å². The smallest absolute Gasteiger partial charge is 0.180 e. The predicted octanol–water partition coefficient (Wildman–Crippen LogP) is 2.90. The molecule has 0 unspecified atom stereocenters. The van der Waals surface area contributed by atoms with Crippen molar-refractivity contribution < 1.29 is 0 Å². The van der Waals surface area contributed by atoms with Crippen molar-refractivity contribution in [2.75, 3.05) is 0 Å². The van der Waals surface area contributed by atoms with Crippen LogP contribution in [0, 0.1) is 0 Å². The van der Waals surface area contributed by atoms with Gasteiger partial charge in [-0.25, -0.2) is 4.99 Å². The van der Waals surface area contributed by atoms with Crippen LogP contribution in [0.5, 0.6) is 0 Å². The Morgan fingerprint density at radius 3 is 2.69 bits per heavy atom. The Kier molecular flexibility index (Phi) is 3.01. The molecule has 0 fully saturated rings. The van der Waals surface area contributed by atoms with E-state index in [-0.39, 0.29) is 0 Å². The lowest BCUT2D eigenvalue weighted by molar-refractivity contribution is 0.809. The number of allylic oxidation sites excluding steroid dienone is 1. The quantitative estimate of drug-likeness (QED) is 0.708. The molecule has 1 aromatic rings. The van der Waals surface area contributed by atoms with E-state index in [4.69, 9.17) is 0 Å². The molecular weight excluding hydrogens is 162 g/mol. The molecular formula is C10H15N3. The minimum atomic E-state index is 0.425.